The van der Waals surface area contributed by atoms with Gasteiger partial charge in [-0.25, -0.2) is 0 Å². The van der Waals surface area contributed by atoms with Crippen LogP contribution in [0.2, 0.25) is 0 Å². The number of benzene rings is 1. The van der Waals surface area contributed by atoms with Crippen LogP contribution >= 0.6 is 0 Å². The van der Waals surface area contributed by atoms with E-state index in [0.29, 0.717) is 0 Å². The molecule has 2 rings (SSSR count). The van der Waals surface area contributed by atoms with Gasteiger partial charge in [0.1, 0.15) is 0 Å². The van der Waals surface area contributed by atoms with Crippen LogP contribution in [0.4, 0.5) is 0 Å². The Bertz CT molecular complexity index is 436. The van der Waals surface area contributed by atoms with Crippen LogP contribution in [0.15, 0.2) is 12.1 Å². The summed E-state index contributed by atoms with van der Waals surface area (Å²) in [5, 5.41) is 3.65. The van der Waals surface area contributed by atoms with Crippen molar-refractivity contribution in [3.05, 3.63) is 34.4 Å². The molecule has 0 aromatic heterocycles. The maximum absolute atomic E-state index is 3.65. The number of hydrogen-bond acceptors (Lipinski definition) is 1. The van der Waals surface area contributed by atoms with E-state index in [4.69, 9.17) is 0 Å². The zero-order chi connectivity index (χ0) is 14.5. The quantitative estimate of drug-likeness (QED) is 0.751. The minimum atomic E-state index is 0.954. The molecule has 1 saturated carbocycles. The lowest BCUT2D eigenvalue weighted by atomic mass is 9.81. The minimum Gasteiger partial charge on any atom is -0.313 e. The molecular formula is C19H31N. The van der Waals surface area contributed by atoms with Gasteiger partial charge in [0, 0.05) is 6.54 Å². The van der Waals surface area contributed by atoms with E-state index >= 15 is 0 Å². The highest BCUT2D eigenvalue weighted by Crippen LogP contribution is 2.30. The van der Waals surface area contributed by atoms with Crippen molar-refractivity contribution in [1.29, 1.82) is 0 Å². The first kappa shape index (κ1) is 15.6. The molecule has 20 heavy (non-hydrogen) atoms. The van der Waals surface area contributed by atoms with Crippen LogP contribution in [0.25, 0.3) is 0 Å². The van der Waals surface area contributed by atoms with E-state index < -0.39 is 0 Å². The molecule has 112 valence electrons. The molecule has 0 amide bonds. The van der Waals surface area contributed by atoms with Gasteiger partial charge < -0.3 is 5.32 Å². The second-order valence-electron chi connectivity index (χ2n) is 6.97. The number of rotatable bonds is 5. The van der Waals surface area contributed by atoms with Crippen LogP contribution in [-0.2, 0) is 6.54 Å². The summed E-state index contributed by atoms with van der Waals surface area (Å²) >= 11 is 0. The summed E-state index contributed by atoms with van der Waals surface area (Å²) in [5.74, 6) is 1.92. The molecule has 1 aromatic carbocycles. The van der Waals surface area contributed by atoms with Crippen LogP contribution < -0.4 is 5.32 Å². The lowest BCUT2D eigenvalue weighted by molar-refractivity contribution is 0.267. The maximum atomic E-state index is 3.65. The van der Waals surface area contributed by atoms with Crippen molar-refractivity contribution in [2.75, 3.05) is 6.54 Å². The Labute approximate surface area is 125 Å². The fourth-order valence-corrected chi connectivity index (χ4v) is 3.56. The molecule has 2 atom stereocenters. The Balaban J connectivity index is 1.74. The van der Waals surface area contributed by atoms with Gasteiger partial charge in [0.15, 0.2) is 0 Å². The molecule has 0 heterocycles. The van der Waals surface area contributed by atoms with E-state index in [1.807, 2.05) is 0 Å². The SMILES string of the molecule is Cc1cc(C)c(CNCCC2CCCC(C)C2)cc1C. The molecule has 0 spiro atoms. The molecule has 0 saturated heterocycles. The topological polar surface area (TPSA) is 12.0 Å². The van der Waals surface area contributed by atoms with Gasteiger partial charge in [-0.05, 0) is 74.2 Å². The van der Waals surface area contributed by atoms with Crippen molar-refractivity contribution in [2.24, 2.45) is 11.8 Å². The van der Waals surface area contributed by atoms with Crippen molar-refractivity contribution >= 4 is 0 Å². The van der Waals surface area contributed by atoms with Crippen LogP contribution in [0.5, 0.6) is 0 Å². The second-order valence-corrected chi connectivity index (χ2v) is 6.97. The van der Waals surface area contributed by atoms with Gasteiger partial charge in [-0.3, -0.25) is 0 Å². The monoisotopic (exact) mass is 273 g/mol. The first-order valence-corrected chi connectivity index (χ1v) is 8.33. The van der Waals surface area contributed by atoms with E-state index in [2.05, 4.69) is 45.1 Å². The van der Waals surface area contributed by atoms with Gasteiger partial charge in [0.2, 0.25) is 0 Å². The Hall–Kier alpha value is -0.820. The lowest BCUT2D eigenvalue weighted by Crippen LogP contribution is -2.21. The van der Waals surface area contributed by atoms with Gasteiger partial charge in [-0.1, -0.05) is 38.3 Å². The van der Waals surface area contributed by atoms with Gasteiger partial charge in [0.05, 0.1) is 0 Å². The summed E-state index contributed by atoms with van der Waals surface area (Å²) in [5.41, 5.74) is 5.70. The molecular weight excluding hydrogens is 242 g/mol. The first-order chi connectivity index (χ1) is 9.56. The van der Waals surface area contributed by atoms with Gasteiger partial charge >= 0.3 is 0 Å². The van der Waals surface area contributed by atoms with E-state index in [1.54, 1.807) is 0 Å². The molecule has 1 aliphatic rings. The summed E-state index contributed by atoms with van der Waals surface area (Å²) in [7, 11) is 0. The van der Waals surface area contributed by atoms with Crippen LogP contribution in [0.1, 0.15) is 61.3 Å². The first-order valence-electron chi connectivity index (χ1n) is 8.33. The van der Waals surface area contributed by atoms with Crippen molar-refractivity contribution in [3.8, 4) is 0 Å². The normalized spacial score (nSPS) is 23.0. The van der Waals surface area contributed by atoms with Gasteiger partial charge in [-0.15, -0.1) is 0 Å². The van der Waals surface area contributed by atoms with Crippen LogP contribution in [0, 0.1) is 32.6 Å². The third-order valence-electron chi connectivity index (χ3n) is 5.04. The predicted molar refractivity (Wildman–Crippen MR) is 88.1 cm³/mol. The zero-order valence-corrected chi connectivity index (χ0v) is 13.8. The van der Waals surface area contributed by atoms with E-state index in [-0.39, 0.29) is 0 Å². The second kappa shape index (κ2) is 7.26. The zero-order valence-electron chi connectivity index (χ0n) is 13.8. The minimum absolute atomic E-state index is 0.954. The standard InChI is InChI=1S/C19H31N/c1-14-6-5-7-18(10-14)8-9-20-13-19-12-16(3)15(2)11-17(19)4/h11-12,14,18,20H,5-10,13H2,1-4H3. The van der Waals surface area contributed by atoms with Crippen molar-refractivity contribution in [3.63, 3.8) is 0 Å². The van der Waals surface area contributed by atoms with E-state index in [0.717, 1.165) is 18.4 Å². The number of hydrogen-bond donors (Lipinski definition) is 1. The van der Waals surface area contributed by atoms with Gasteiger partial charge in [0.25, 0.3) is 0 Å². The third kappa shape index (κ3) is 4.34. The smallest absolute Gasteiger partial charge is 0.0208 e. The molecule has 1 aromatic rings. The average Bonchev–Trinajstić information content (AvgIpc) is 2.40. The fourth-order valence-electron chi connectivity index (χ4n) is 3.56. The predicted octanol–water partition coefficient (Wildman–Crippen LogP) is 4.92. The number of nitrogens with one attached hydrogen (secondary N) is 1. The molecule has 1 nitrogen and oxygen atoms in total. The lowest BCUT2D eigenvalue weighted by Gasteiger charge is -2.26. The highest BCUT2D eigenvalue weighted by Gasteiger charge is 2.18. The fraction of sp³-hybridized carbons (Fsp3) is 0.684. The molecule has 0 bridgehead atoms. The highest BCUT2D eigenvalue weighted by atomic mass is 14.8. The summed E-state index contributed by atoms with van der Waals surface area (Å²) in [6.07, 6.45) is 7.15. The Morgan fingerprint density at radius 1 is 1.05 bits per heavy atom. The van der Waals surface area contributed by atoms with E-state index in [1.165, 1.54) is 60.9 Å². The molecule has 1 fully saturated rings. The molecule has 0 aliphatic heterocycles. The van der Waals surface area contributed by atoms with Crippen molar-refractivity contribution < 1.29 is 0 Å². The largest absolute Gasteiger partial charge is 0.313 e. The summed E-state index contributed by atoms with van der Waals surface area (Å²) < 4.78 is 0. The van der Waals surface area contributed by atoms with Crippen molar-refractivity contribution in [2.45, 2.75) is 66.3 Å². The highest BCUT2D eigenvalue weighted by molar-refractivity contribution is 5.36. The summed E-state index contributed by atoms with van der Waals surface area (Å²) in [6.45, 7) is 11.2. The van der Waals surface area contributed by atoms with E-state index in [9.17, 15) is 0 Å². The third-order valence-corrected chi connectivity index (χ3v) is 5.04. The Morgan fingerprint density at radius 2 is 1.80 bits per heavy atom. The van der Waals surface area contributed by atoms with Crippen molar-refractivity contribution in [1.82, 2.24) is 5.32 Å². The Kier molecular flexibility index (Phi) is 5.65. The summed E-state index contributed by atoms with van der Waals surface area (Å²) in [6, 6.07) is 4.66. The average molecular weight is 273 g/mol. The summed E-state index contributed by atoms with van der Waals surface area (Å²) in [4.78, 5) is 0. The molecule has 1 aliphatic carbocycles. The molecule has 2 unspecified atom stereocenters. The molecule has 1 heteroatoms. The molecule has 1 N–H and O–H groups in total. The molecule has 0 radical (unpaired) electrons. The maximum Gasteiger partial charge on any atom is 0.0208 e. The van der Waals surface area contributed by atoms with Gasteiger partial charge in [-0.2, -0.15) is 0 Å². The van der Waals surface area contributed by atoms with Crippen LogP contribution in [0.3, 0.4) is 0 Å². The van der Waals surface area contributed by atoms with Crippen LogP contribution in [-0.4, -0.2) is 6.54 Å². The Morgan fingerprint density at radius 3 is 2.55 bits per heavy atom. The number of aryl methyl sites for hydroxylation is 3.